The van der Waals surface area contributed by atoms with Crippen LogP contribution in [-0.4, -0.2) is 36.3 Å². The summed E-state index contributed by atoms with van der Waals surface area (Å²) in [5.74, 6) is 0.389. The van der Waals surface area contributed by atoms with Crippen LogP contribution in [0.1, 0.15) is 44.0 Å². The number of anilines is 1. The average Bonchev–Trinajstić information content (AvgIpc) is 2.54. The molecular weight excluding hydrogens is 290 g/mol. The van der Waals surface area contributed by atoms with Crippen LogP contribution in [0.25, 0.3) is 0 Å². The second-order valence-corrected chi connectivity index (χ2v) is 7.22. The van der Waals surface area contributed by atoms with E-state index in [0.29, 0.717) is 23.7 Å². The summed E-state index contributed by atoms with van der Waals surface area (Å²) in [5, 5.41) is 2.88. The van der Waals surface area contributed by atoms with Crippen LogP contribution in [0.15, 0.2) is 24.3 Å². The van der Waals surface area contributed by atoms with Crippen LogP contribution in [0.2, 0.25) is 0 Å². The number of para-hydroxylation sites is 1. The van der Waals surface area contributed by atoms with Gasteiger partial charge in [0.25, 0.3) is 5.91 Å². The third-order valence-corrected chi connectivity index (χ3v) is 4.32. The molecule has 1 heterocycles. The van der Waals surface area contributed by atoms with Gasteiger partial charge in [0.05, 0.1) is 11.3 Å². The van der Waals surface area contributed by atoms with Crippen LogP contribution in [0.4, 0.5) is 5.69 Å². The lowest BCUT2D eigenvalue weighted by Gasteiger charge is -2.32. The Morgan fingerprint density at radius 2 is 1.83 bits per heavy atom. The van der Waals surface area contributed by atoms with Crippen molar-refractivity contribution in [2.45, 2.75) is 33.6 Å². The molecule has 5 heteroatoms. The van der Waals surface area contributed by atoms with Crippen LogP contribution in [0.3, 0.4) is 0 Å². The molecule has 0 bridgehead atoms. The van der Waals surface area contributed by atoms with E-state index in [1.807, 2.05) is 37.8 Å². The summed E-state index contributed by atoms with van der Waals surface area (Å²) in [7, 11) is 0. The molecule has 0 atom stereocenters. The smallest absolute Gasteiger partial charge is 0.255 e. The zero-order chi connectivity index (χ0) is 17.0. The van der Waals surface area contributed by atoms with Crippen molar-refractivity contribution in [2.24, 2.45) is 17.1 Å². The zero-order valence-electron chi connectivity index (χ0n) is 14.3. The molecule has 1 fully saturated rings. The summed E-state index contributed by atoms with van der Waals surface area (Å²) in [6, 6.07) is 7.21. The summed E-state index contributed by atoms with van der Waals surface area (Å²) >= 11 is 0. The van der Waals surface area contributed by atoms with Crippen molar-refractivity contribution in [1.82, 2.24) is 4.90 Å². The van der Waals surface area contributed by atoms with Crippen LogP contribution < -0.4 is 11.1 Å². The maximum atomic E-state index is 12.8. The molecule has 1 saturated heterocycles. The van der Waals surface area contributed by atoms with Gasteiger partial charge in [-0.15, -0.1) is 0 Å². The molecule has 3 N–H and O–H groups in total. The predicted molar refractivity (Wildman–Crippen MR) is 92.2 cm³/mol. The molecule has 126 valence electrons. The lowest BCUT2D eigenvalue weighted by Crippen LogP contribution is -2.40. The quantitative estimate of drug-likeness (QED) is 0.899. The highest BCUT2D eigenvalue weighted by molar-refractivity contribution is 6.04. The summed E-state index contributed by atoms with van der Waals surface area (Å²) in [5.41, 5.74) is 6.33. The number of carbonyl (C=O) groups is 2. The zero-order valence-corrected chi connectivity index (χ0v) is 14.3. The fraction of sp³-hybridized carbons (Fsp3) is 0.556. The van der Waals surface area contributed by atoms with E-state index < -0.39 is 5.41 Å². The lowest BCUT2D eigenvalue weighted by atomic mass is 9.95. The minimum Gasteiger partial charge on any atom is -0.339 e. The highest BCUT2D eigenvalue weighted by Gasteiger charge is 2.26. The fourth-order valence-electron chi connectivity index (χ4n) is 2.63. The maximum Gasteiger partial charge on any atom is 0.255 e. The van der Waals surface area contributed by atoms with E-state index in [4.69, 9.17) is 5.73 Å². The number of nitrogens with zero attached hydrogens (tertiary/aromatic N) is 1. The summed E-state index contributed by atoms with van der Waals surface area (Å²) in [6.45, 7) is 7.68. The highest BCUT2D eigenvalue weighted by Crippen LogP contribution is 2.24. The maximum absolute atomic E-state index is 12.8. The number of hydrogen-bond acceptors (Lipinski definition) is 3. The third-order valence-electron chi connectivity index (χ3n) is 4.32. The molecule has 0 spiro atoms. The van der Waals surface area contributed by atoms with E-state index >= 15 is 0 Å². The van der Waals surface area contributed by atoms with E-state index in [9.17, 15) is 9.59 Å². The molecule has 5 nitrogen and oxygen atoms in total. The minimum absolute atomic E-state index is 0.0229. The Kier molecular flexibility index (Phi) is 5.42. The van der Waals surface area contributed by atoms with Crippen molar-refractivity contribution in [2.75, 3.05) is 25.0 Å². The standard InChI is InChI=1S/C18H27N3O2/c1-18(2,3)17(23)20-15-7-5-4-6-14(15)16(22)21-10-8-13(12-19)9-11-21/h4-7,13H,8-12,19H2,1-3H3,(H,20,23). The SMILES string of the molecule is CC(C)(C)C(=O)Nc1ccccc1C(=O)N1CCC(CN)CC1. The number of rotatable bonds is 3. The van der Waals surface area contributed by atoms with Gasteiger partial charge in [-0.25, -0.2) is 0 Å². The Labute approximate surface area is 138 Å². The highest BCUT2D eigenvalue weighted by atomic mass is 16.2. The Balaban J connectivity index is 2.14. The fourth-order valence-corrected chi connectivity index (χ4v) is 2.63. The van der Waals surface area contributed by atoms with Crippen LogP contribution in [0, 0.1) is 11.3 Å². The number of hydrogen-bond donors (Lipinski definition) is 2. The number of piperidine rings is 1. The van der Waals surface area contributed by atoms with Gasteiger partial charge in [-0.05, 0) is 37.4 Å². The molecule has 2 rings (SSSR count). The summed E-state index contributed by atoms with van der Waals surface area (Å²) < 4.78 is 0. The molecule has 2 amide bonds. The second-order valence-electron chi connectivity index (χ2n) is 7.22. The Hall–Kier alpha value is -1.88. The van der Waals surface area contributed by atoms with Crippen molar-refractivity contribution in [3.05, 3.63) is 29.8 Å². The van der Waals surface area contributed by atoms with Crippen molar-refractivity contribution >= 4 is 17.5 Å². The van der Waals surface area contributed by atoms with Gasteiger partial charge in [0, 0.05) is 18.5 Å². The molecule has 0 radical (unpaired) electrons. The molecule has 1 aromatic rings. The molecule has 1 aliphatic heterocycles. The molecule has 1 aliphatic rings. The van der Waals surface area contributed by atoms with Gasteiger partial charge in [0.2, 0.25) is 5.91 Å². The molecule has 0 aromatic heterocycles. The topological polar surface area (TPSA) is 75.4 Å². The van der Waals surface area contributed by atoms with E-state index in [2.05, 4.69) is 5.32 Å². The number of benzene rings is 1. The Morgan fingerprint density at radius 1 is 1.22 bits per heavy atom. The number of carbonyl (C=O) groups excluding carboxylic acids is 2. The average molecular weight is 317 g/mol. The first kappa shape index (κ1) is 17.5. The normalized spacial score (nSPS) is 16.3. The molecule has 1 aromatic carbocycles. The monoisotopic (exact) mass is 317 g/mol. The van der Waals surface area contributed by atoms with Crippen LogP contribution >= 0.6 is 0 Å². The molecule has 23 heavy (non-hydrogen) atoms. The van der Waals surface area contributed by atoms with Gasteiger partial charge < -0.3 is 16.0 Å². The second kappa shape index (κ2) is 7.13. The Morgan fingerprint density at radius 3 is 2.39 bits per heavy atom. The van der Waals surface area contributed by atoms with Crippen LogP contribution in [-0.2, 0) is 4.79 Å². The van der Waals surface area contributed by atoms with Gasteiger partial charge in [-0.2, -0.15) is 0 Å². The predicted octanol–water partition coefficient (Wildman–Crippen LogP) is 2.48. The number of amides is 2. The molecular formula is C18H27N3O2. The van der Waals surface area contributed by atoms with Gasteiger partial charge in [0.15, 0.2) is 0 Å². The minimum atomic E-state index is -0.504. The van der Waals surface area contributed by atoms with E-state index in [1.165, 1.54) is 0 Å². The first-order chi connectivity index (χ1) is 10.8. The first-order valence-corrected chi connectivity index (χ1v) is 8.22. The lowest BCUT2D eigenvalue weighted by molar-refractivity contribution is -0.123. The van der Waals surface area contributed by atoms with Gasteiger partial charge in [-0.1, -0.05) is 32.9 Å². The number of nitrogens with two attached hydrogens (primary N) is 1. The Bertz CT molecular complexity index is 570. The molecule has 0 saturated carbocycles. The van der Waals surface area contributed by atoms with Crippen molar-refractivity contribution in [1.29, 1.82) is 0 Å². The van der Waals surface area contributed by atoms with Gasteiger partial charge in [-0.3, -0.25) is 9.59 Å². The first-order valence-electron chi connectivity index (χ1n) is 8.22. The van der Waals surface area contributed by atoms with E-state index in [-0.39, 0.29) is 11.8 Å². The molecule has 0 unspecified atom stereocenters. The van der Waals surface area contributed by atoms with E-state index in [0.717, 1.165) is 25.9 Å². The van der Waals surface area contributed by atoms with Crippen molar-refractivity contribution < 1.29 is 9.59 Å². The van der Waals surface area contributed by atoms with Crippen molar-refractivity contribution in [3.63, 3.8) is 0 Å². The van der Waals surface area contributed by atoms with Gasteiger partial charge >= 0.3 is 0 Å². The molecule has 0 aliphatic carbocycles. The van der Waals surface area contributed by atoms with Gasteiger partial charge in [0.1, 0.15) is 0 Å². The van der Waals surface area contributed by atoms with Crippen molar-refractivity contribution in [3.8, 4) is 0 Å². The number of likely N-dealkylation sites (tertiary alicyclic amines) is 1. The summed E-state index contributed by atoms with van der Waals surface area (Å²) in [4.78, 5) is 26.9. The third kappa shape index (κ3) is 4.32. The van der Waals surface area contributed by atoms with E-state index in [1.54, 1.807) is 12.1 Å². The largest absolute Gasteiger partial charge is 0.339 e. The summed E-state index contributed by atoms with van der Waals surface area (Å²) in [6.07, 6.45) is 1.89. The van der Waals surface area contributed by atoms with Crippen LogP contribution in [0.5, 0.6) is 0 Å². The number of nitrogens with one attached hydrogen (secondary N) is 1.